The lowest BCUT2D eigenvalue weighted by Crippen LogP contribution is -2.37. The normalized spacial score (nSPS) is 13.2. The molecule has 8 nitrogen and oxygen atoms in total. The van der Waals surface area contributed by atoms with Crippen LogP contribution in [0.2, 0.25) is 0 Å². The van der Waals surface area contributed by atoms with Crippen LogP contribution in [0.15, 0.2) is 60.8 Å². The number of fused-ring (bicyclic) bond motifs is 2. The molecular formula is C28H27N3O5. The average Bonchev–Trinajstić information content (AvgIpc) is 3.54. The van der Waals surface area contributed by atoms with E-state index in [2.05, 4.69) is 10.3 Å². The minimum Gasteiger partial charge on any atom is -0.495 e. The molecule has 1 aromatic heterocycles. The van der Waals surface area contributed by atoms with Gasteiger partial charge in [0.1, 0.15) is 5.75 Å². The average molecular weight is 486 g/mol. The van der Waals surface area contributed by atoms with Gasteiger partial charge in [-0.1, -0.05) is 36.4 Å². The molecule has 36 heavy (non-hydrogen) atoms. The number of methoxy groups -OCH3 is 2. The minimum absolute atomic E-state index is 0.169. The molecule has 184 valence electrons. The Labute approximate surface area is 208 Å². The monoisotopic (exact) mass is 485 g/mol. The molecule has 0 spiro atoms. The summed E-state index contributed by atoms with van der Waals surface area (Å²) >= 11 is 0. The van der Waals surface area contributed by atoms with E-state index >= 15 is 0 Å². The first-order valence-corrected chi connectivity index (χ1v) is 11.5. The third-order valence-electron chi connectivity index (χ3n) is 6.08. The van der Waals surface area contributed by atoms with Gasteiger partial charge in [0, 0.05) is 17.1 Å². The molecule has 0 bridgehead atoms. The van der Waals surface area contributed by atoms with Crippen molar-refractivity contribution in [2.75, 3.05) is 26.3 Å². The molecule has 0 aliphatic carbocycles. The van der Waals surface area contributed by atoms with E-state index in [4.69, 9.17) is 24.7 Å². The summed E-state index contributed by atoms with van der Waals surface area (Å²) in [4.78, 5) is 16.2. The molecule has 0 saturated heterocycles. The fourth-order valence-corrected chi connectivity index (χ4v) is 4.22. The van der Waals surface area contributed by atoms with Crippen LogP contribution in [0.5, 0.6) is 23.0 Å². The van der Waals surface area contributed by atoms with Crippen LogP contribution < -0.4 is 30.0 Å². The van der Waals surface area contributed by atoms with E-state index < -0.39 is 6.04 Å². The number of carbonyl (C=O) groups excluding carboxylic acids is 1. The lowest BCUT2D eigenvalue weighted by atomic mass is 10.0. The number of rotatable bonds is 8. The van der Waals surface area contributed by atoms with E-state index in [0.717, 1.165) is 27.6 Å². The van der Waals surface area contributed by atoms with Crippen molar-refractivity contribution in [2.45, 2.75) is 12.5 Å². The third-order valence-corrected chi connectivity index (χ3v) is 6.08. The summed E-state index contributed by atoms with van der Waals surface area (Å²) in [6.07, 6.45) is 6.16. The molecule has 4 aromatic rings. The molecule has 1 aliphatic rings. The smallest absolute Gasteiger partial charge is 0.241 e. The number of hydrogen-bond acceptors (Lipinski definition) is 6. The number of nitrogens with two attached hydrogens (primary N) is 1. The van der Waals surface area contributed by atoms with Crippen molar-refractivity contribution < 1.29 is 23.7 Å². The maximum atomic E-state index is 13.0. The molecular weight excluding hydrogens is 458 g/mol. The summed E-state index contributed by atoms with van der Waals surface area (Å²) in [5.74, 6) is 2.11. The standard InChI is InChI=1S/C28H27N3O5/c1-33-24-10-9-17(7-8-18-12-25(34-2)27-26(13-18)35-16-36-27)11-23(24)31-28(32)21(29)14-19-15-30-22-6-4-3-5-20(19)22/h3-13,15,21,30H,14,16,29H2,1-2H3,(H,31,32)/b8-7-. The first kappa shape index (κ1) is 23.3. The third kappa shape index (κ3) is 4.71. The van der Waals surface area contributed by atoms with Gasteiger partial charge in [0.25, 0.3) is 0 Å². The molecule has 5 rings (SSSR count). The molecule has 1 atom stereocenters. The maximum Gasteiger partial charge on any atom is 0.241 e. The van der Waals surface area contributed by atoms with Gasteiger partial charge in [-0.15, -0.1) is 0 Å². The number of aromatic amines is 1. The molecule has 0 radical (unpaired) electrons. The number of anilines is 1. The van der Waals surface area contributed by atoms with E-state index in [9.17, 15) is 4.79 Å². The second kappa shape index (κ2) is 10.1. The van der Waals surface area contributed by atoms with E-state index in [-0.39, 0.29) is 12.7 Å². The molecule has 1 unspecified atom stereocenters. The van der Waals surface area contributed by atoms with Crippen LogP contribution in [-0.2, 0) is 11.2 Å². The Balaban J connectivity index is 1.32. The van der Waals surface area contributed by atoms with Crippen molar-refractivity contribution >= 4 is 34.6 Å². The lowest BCUT2D eigenvalue weighted by Gasteiger charge is -2.15. The molecule has 1 aliphatic heterocycles. The molecule has 0 fully saturated rings. The Bertz CT molecular complexity index is 1440. The van der Waals surface area contributed by atoms with Crippen molar-refractivity contribution in [3.05, 3.63) is 77.5 Å². The zero-order valence-corrected chi connectivity index (χ0v) is 20.0. The van der Waals surface area contributed by atoms with Gasteiger partial charge >= 0.3 is 0 Å². The number of para-hydroxylation sites is 1. The first-order chi connectivity index (χ1) is 17.6. The van der Waals surface area contributed by atoms with Gasteiger partial charge in [-0.3, -0.25) is 4.79 Å². The van der Waals surface area contributed by atoms with E-state index in [1.54, 1.807) is 20.3 Å². The summed E-state index contributed by atoms with van der Waals surface area (Å²) in [6.45, 7) is 0.169. The fourth-order valence-electron chi connectivity index (χ4n) is 4.22. The quantitative estimate of drug-likeness (QED) is 0.315. The van der Waals surface area contributed by atoms with Gasteiger partial charge < -0.3 is 35.0 Å². The van der Waals surface area contributed by atoms with Crippen LogP contribution >= 0.6 is 0 Å². The molecule has 0 saturated carbocycles. The molecule has 8 heteroatoms. The Morgan fingerprint density at radius 1 is 1.06 bits per heavy atom. The Morgan fingerprint density at radius 3 is 2.69 bits per heavy atom. The van der Waals surface area contributed by atoms with Crippen LogP contribution in [0.1, 0.15) is 16.7 Å². The minimum atomic E-state index is -0.728. The highest BCUT2D eigenvalue weighted by molar-refractivity contribution is 5.97. The number of carbonyl (C=O) groups is 1. The van der Waals surface area contributed by atoms with E-state index in [0.29, 0.717) is 35.1 Å². The lowest BCUT2D eigenvalue weighted by molar-refractivity contribution is -0.117. The summed E-state index contributed by atoms with van der Waals surface area (Å²) in [5.41, 5.74) is 10.6. The highest BCUT2D eigenvalue weighted by Gasteiger charge is 2.20. The summed E-state index contributed by atoms with van der Waals surface area (Å²) < 4.78 is 21.8. The summed E-state index contributed by atoms with van der Waals surface area (Å²) in [5, 5.41) is 3.98. The van der Waals surface area contributed by atoms with Gasteiger partial charge in [0.05, 0.1) is 25.9 Å². The second-order valence-electron chi connectivity index (χ2n) is 8.41. The first-order valence-electron chi connectivity index (χ1n) is 11.5. The number of nitrogens with one attached hydrogen (secondary N) is 2. The number of hydrogen-bond donors (Lipinski definition) is 3. The van der Waals surface area contributed by atoms with Crippen LogP contribution in [0.3, 0.4) is 0 Å². The molecule has 3 aromatic carbocycles. The fraction of sp³-hybridized carbons (Fsp3) is 0.179. The van der Waals surface area contributed by atoms with Crippen LogP contribution in [0, 0.1) is 0 Å². The Morgan fingerprint density at radius 2 is 1.86 bits per heavy atom. The highest BCUT2D eigenvalue weighted by Crippen LogP contribution is 2.42. The Hall–Kier alpha value is -4.43. The van der Waals surface area contributed by atoms with E-state index in [1.165, 1.54) is 0 Å². The number of H-pyrrole nitrogens is 1. The maximum absolute atomic E-state index is 13.0. The number of aromatic nitrogens is 1. The summed E-state index contributed by atoms with van der Waals surface area (Å²) in [6, 6.07) is 16.5. The predicted molar refractivity (Wildman–Crippen MR) is 140 cm³/mol. The van der Waals surface area contributed by atoms with Crippen molar-refractivity contribution in [1.29, 1.82) is 0 Å². The zero-order chi connectivity index (χ0) is 25.1. The number of amides is 1. The molecule has 4 N–H and O–H groups in total. The largest absolute Gasteiger partial charge is 0.495 e. The zero-order valence-electron chi connectivity index (χ0n) is 20.0. The van der Waals surface area contributed by atoms with Gasteiger partial charge in [-0.2, -0.15) is 0 Å². The summed E-state index contributed by atoms with van der Waals surface area (Å²) in [7, 11) is 3.15. The number of ether oxygens (including phenoxy) is 4. The van der Waals surface area contributed by atoms with E-state index in [1.807, 2.05) is 66.9 Å². The van der Waals surface area contributed by atoms with Crippen LogP contribution in [-0.4, -0.2) is 37.9 Å². The van der Waals surface area contributed by atoms with Crippen molar-refractivity contribution in [3.8, 4) is 23.0 Å². The van der Waals surface area contributed by atoms with Crippen molar-refractivity contribution in [1.82, 2.24) is 4.98 Å². The SMILES string of the molecule is COc1ccc(/C=C\c2cc(OC)c3c(c2)OCO3)cc1NC(=O)C(N)Cc1c[nH]c2ccccc12. The highest BCUT2D eigenvalue weighted by atomic mass is 16.7. The van der Waals surface area contributed by atoms with Crippen molar-refractivity contribution in [2.24, 2.45) is 5.73 Å². The molecule has 1 amide bonds. The van der Waals surface area contributed by atoms with Crippen LogP contribution in [0.4, 0.5) is 5.69 Å². The van der Waals surface area contributed by atoms with Gasteiger partial charge in [-0.05, 0) is 53.4 Å². The topological polar surface area (TPSA) is 108 Å². The van der Waals surface area contributed by atoms with Gasteiger partial charge in [0.2, 0.25) is 18.4 Å². The van der Waals surface area contributed by atoms with Gasteiger partial charge in [-0.25, -0.2) is 0 Å². The van der Waals surface area contributed by atoms with Crippen molar-refractivity contribution in [3.63, 3.8) is 0 Å². The number of benzene rings is 3. The second-order valence-corrected chi connectivity index (χ2v) is 8.41. The Kier molecular flexibility index (Phi) is 6.51. The van der Waals surface area contributed by atoms with Crippen LogP contribution in [0.25, 0.3) is 23.1 Å². The van der Waals surface area contributed by atoms with Gasteiger partial charge in [0.15, 0.2) is 11.5 Å². The predicted octanol–water partition coefficient (Wildman–Crippen LogP) is 4.59. The molecule has 2 heterocycles.